The molecule has 1 N–H and O–H groups in total. The van der Waals surface area contributed by atoms with Crippen LogP contribution in [0.3, 0.4) is 0 Å². The number of ether oxygens (including phenoxy) is 1. The van der Waals surface area contributed by atoms with Gasteiger partial charge in [-0.3, -0.25) is 9.59 Å². The Bertz CT molecular complexity index is 684. The van der Waals surface area contributed by atoms with Crippen LogP contribution in [0.2, 0.25) is 0 Å². The van der Waals surface area contributed by atoms with Gasteiger partial charge in [0.05, 0.1) is 22.1 Å². The van der Waals surface area contributed by atoms with Gasteiger partial charge in [0, 0.05) is 12.6 Å². The Morgan fingerprint density at radius 3 is 2.91 bits per heavy atom. The van der Waals surface area contributed by atoms with Crippen molar-refractivity contribution in [2.45, 2.75) is 37.6 Å². The monoisotopic (exact) mass is 338 g/mol. The highest BCUT2D eigenvalue weighted by atomic mass is 32.2. The number of esters is 1. The summed E-state index contributed by atoms with van der Waals surface area (Å²) in [5.41, 5.74) is 1.60. The van der Waals surface area contributed by atoms with E-state index >= 15 is 0 Å². The van der Waals surface area contributed by atoms with Crippen molar-refractivity contribution >= 4 is 50.9 Å². The molecule has 1 aromatic carbocycles. The lowest BCUT2D eigenvalue weighted by Gasteiger charge is -2.09. The summed E-state index contributed by atoms with van der Waals surface area (Å²) in [6, 6.07) is 5.56. The molecule has 1 amide bonds. The van der Waals surface area contributed by atoms with Gasteiger partial charge in [-0.1, -0.05) is 18.7 Å². The Kier molecular flexibility index (Phi) is 5.79. The lowest BCUT2D eigenvalue weighted by atomic mass is 10.3. The fourth-order valence-corrected chi connectivity index (χ4v) is 3.60. The summed E-state index contributed by atoms with van der Waals surface area (Å²) in [6.45, 7) is 5.33. The Labute approximate surface area is 137 Å². The largest absolute Gasteiger partial charge is 0.462 e. The molecule has 0 saturated carbocycles. The maximum atomic E-state index is 11.7. The molecule has 7 heteroatoms. The van der Waals surface area contributed by atoms with E-state index in [9.17, 15) is 9.59 Å². The van der Waals surface area contributed by atoms with Crippen molar-refractivity contribution in [3.63, 3.8) is 0 Å². The number of rotatable bonds is 6. The van der Waals surface area contributed by atoms with E-state index < -0.39 is 0 Å². The number of amides is 1. The summed E-state index contributed by atoms with van der Waals surface area (Å²) < 4.78 is 7.02. The van der Waals surface area contributed by atoms with Gasteiger partial charge < -0.3 is 10.1 Å². The molecule has 2 rings (SSSR count). The quantitative estimate of drug-likeness (QED) is 0.642. The van der Waals surface area contributed by atoms with Crippen LogP contribution in [0.25, 0.3) is 10.2 Å². The molecule has 1 heterocycles. The highest BCUT2D eigenvalue weighted by molar-refractivity contribution is 8.01. The minimum Gasteiger partial charge on any atom is -0.462 e. The molecular weight excluding hydrogens is 320 g/mol. The average molecular weight is 338 g/mol. The molecule has 0 fully saturated rings. The number of hydrogen-bond acceptors (Lipinski definition) is 6. The van der Waals surface area contributed by atoms with Crippen molar-refractivity contribution in [3.05, 3.63) is 18.2 Å². The van der Waals surface area contributed by atoms with Crippen LogP contribution >= 0.6 is 23.1 Å². The van der Waals surface area contributed by atoms with E-state index in [-0.39, 0.29) is 23.7 Å². The second-order valence-electron chi connectivity index (χ2n) is 4.84. The van der Waals surface area contributed by atoms with Gasteiger partial charge in [-0.25, -0.2) is 4.98 Å². The van der Waals surface area contributed by atoms with Gasteiger partial charge in [0.25, 0.3) is 0 Å². The summed E-state index contributed by atoms with van der Waals surface area (Å²) in [4.78, 5) is 27.2. The highest BCUT2D eigenvalue weighted by Gasteiger charge is 2.11. The van der Waals surface area contributed by atoms with Crippen molar-refractivity contribution < 1.29 is 14.3 Å². The summed E-state index contributed by atoms with van der Waals surface area (Å²) in [6.07, 6.45) is 0.757. The lowest BCUT2D eigenvalue weighted by Crippen LogP contribution is -2.15. The van der Waals surface area contributed by atoms with Crippen LogP contribution in [0, 0.1) is 0 Å². The lowest BCUT2D eigenvalue weighted by molar-refractivity contribution is -0.145. The number of nitrogens with zero attached hydrogens (tertiary/aromatic N) is 1. The predicted octanol–water partition coefficient (Wildman–Crippen LogP) is 3.69. The fraction of sp³-hybridized carbons (Fsp3) is 0.400. The van der Waals surface area contributed by atoms with Crippen LogP contribution in [0.15, 0.2) is 22.5 Å². The third-order valence-corrected chi connectivity index (χ3v) is 5.04. The van der Waals surface area contributed by atoms with E-state index in [2.05, 4.69) is 10.3 Å². The van der Waals surface area contributed by atoms with Crippen LogP contribution < -0.4 is 5.32 Å². The molecule has 2 aromatic rings. The van der Waals surface area contributed by atoms with E-state index in [0.29, 0.717) is 0 Å². The van der Waals surface area contributed by atoms with Gasteiger partial charge in [-0.15, -0.1) is 11.3 Å². The van der Waals surface area contributed by atoms with Gasteiger partial charge >= 0.3 is 5.97 Å². The van der Waals surface area contributed by atoms with Gasteiger partial charge in [0.2, 0.25) is 5.91 Å². The molecule has 22 heavy (non-hydrogen) atoms. The zero-order valence-corrected chi connectivity index (χ0v) is 14.3. The molecule has 118 valence electrons. The van der Waals surface area contributed by atoms with E-state index in [4.69, 9.17) is 4.74 Å². The van der Waals surface area contributed by atoms with Crippen LogP contribution in [0.1, 0.15) is 27.2 Å². The standard InChI is InChI=1S/C15H18N2O3S2/c1-4-9(2)20-14(19)8-21-15-17-12-6-5-11(16-10(3)18)7-13(12)22-15/h5-7,9H,4,8H2,1-3H3,(H,16,18)/t9-/m0/s1. The van der Waals surface area contributed by atoms with Crippen molar-refractivity contribution in [1.82, 2.24) is 4.98 Å². The zero-order chi connectivity index (χ0) is 16.1. The first-order valence-corrected chi connectivity index (χ1v) is 8.78. The number of fused-ring (bicyclic) bond motifs is 1. The molecule has 0 unspecified atom stereocenters. The second kappa shape index (κ2) is 7.60. The van der Waals surface area contributed by atoms with Crippen molar-refractivity contribution in [2.24, 2.45) is 0 Å². The van der Waals surface area contributed by atoms with Crippen molar-refractivity contribution in [2.75, 3.05) is 11.1 Å². The van der Waals surface area contributed by atoms with Gasteiger partial charge in [0.1, 0.15) is 0 Å². The highest BCUT2D eigenvalue weighted by Crippen LogP contribution is 2.31. The summed E-state index contributed by atoms with van der Waals surface area (Å²) >= 11 is 2.87. The molecule has 0 spiro atoms. The SMILES string of the molecule is CC[C@H](C)OC(=O)CSc1nc2ccc(NC(C)=O)cc2s1. The van der Waals surface area contributed by atoms with Crippen LogP contribution in [0.4, 0.5) is 5.69 Å². The summed E-state index contributed by atoms with van der Waals surface area (Å²) in [5, 5.41) is 2.74. The Morgan fingerprint density at radius 1 is 1.45 bits per heavy atom. The third-order valence-electron chi connectivity index (χ3n) is 2.91. The third kappa shape index (κ3) is 4.71. The minimum absolute atomic E-state index is 0.0521. The maximum Gasteiger partial charge on any atom is 0.316 e. The molecule has 5 nitrogen and oxygen atoms in total. The van der Waals surface area contributed by atoms with Crippen LogP contribution in [-0.2, 0) is 14.3 Å². The first kappa shape index (κ1) is 16.8. The first-order chi connectivity index (χ1) is 10.5. The number of thiazole rings is 1. The topological polar surface area (TPSA) is 68.3 Å². The van der Waals surface area contributed by atoms with Gasteiger partial charge in [-0.2, -0.15) is 0 Å². The van der Waals surface area contributed by atoms with E-state index in [1.807, 2.05) is 32.0 Å². The smallest absolute Gasteiger partial charge is 0.316 e. The number of hydrogen-bond donors (Lipinski definition) is 1. The number of aromatic nitrogens is 1. The predicted molar refractivity (Wildman–Crippen MR) is 90.5 cm³/mol. The molecule has 0 saturated heterocycles. The number of thioether (sulfide) groups is 1. The summed E-state index contributed by atoms with van der Waals surface area (Å²) in [5.74, 6) is -0.0771. The first-order valence-electron chi connectivity index (χ1n) is 6.98. The molecule has 0 aliphatic heterocycles. The molecule has 1 atom stereocenters. The van der Waals surface area contributed by atoms with Gasteiger partial charge in [0.15, 0.2) is 4.34 Å². The number of anilines is 1. The van der Waals surface area contributed by atoms with E-state index in [0.717, 1.165) is 26.7 Å². The van der Waals surface area contributed by atoms with E-state index in [1.54, 1.807) is 0 Å². The molecule has 0 aliphatic rings. The maximum absolute atomic E-state index is 11.7. The Hall–Kier alpha value is -1.60. The second-order valence-corrected chi connectivity index (χ2v) is 7.09. The number of nitrogens with one attached hydrogen (secondary N) is 1. The van der Waals surface area contributed by atoms with Crippen molar-refractivity contribution in [3.8, 4) is 0 Å². The molecular formula is C15H18N2O3S2. The number of benzene rings is 1. The van der Waals surface area contributed by atoms with Crippen molar-refractivity contribution in [1.29, 1.82) is 0 Å². The van der Waals surface area contributed by atoms with Crippen LogP contribution in [-0.4, -0.2) is 28.7 Å². The minimum atomic E-state index is -0.224. The molecule has 0 bridgehead atoms. The van der Waals surface area contributed by atoms with Gasteiger partial charge in [-0.05, 0) is 31.5 Å². The molecule has 1 aromatic heterocycles. The fourth-order valence-electron chi connectivity index (χ4n) is 1.71. The Morgan fingerprint density at radius 2 is 2.23 bits per heavy atom. The zero-order valence-electron chi connectivity index (χ0n) is 12.7. The molecule has 0 radical (unpaired) electrons. The Balaban J connectivity index is 2.00. The van der Waals surface area contributed by atoms with Crippen LogP contribution in [0.5, 0.6) is 0 Å². The summed E-state index contributed by atoms with van der Waals surface area (Å²) in [7, 11) is 0. The number of carbonyl (C=O) groups is 2. The molecule has 0 aliphatic carbocycles. The average Bonchev–Trinajstić information content (AvgIpc) is 2.86. The number of carbonyl (C=O) groups excluding carboxylic acids is 2. The van der Waals surface area contributed by atoms with E-state index in [1.165, 1.54) is 30.0 Å². The normalized spacial score (nSPS) is 12.1.